The van der Waals surface area contributed by atoms with Gasteiger partial charge in [0.15, 0.2) is 0 Å². The lowest BCUT2D eigenvalue weighted by Gasteiger charge is -2.31. The van der Waals surface area contributed by atoms with Gasteiger partial charge in [-0.05, 0) is 24.5 Å². The van der Waals surface area contributed by atoms with Gasteiger partial charge < -0.3 is 10.4 Å². The van der Waals surface area contributed by atoms with Gasteiger partial charge >= 0.3 is 0 Å². The van der Waals surface area contributed by atoms with Crippen LogP contribution in [0.5, 0.6) is 0 Å². The van der Waals surface area contributed by atoms with Gasteiger partial charge in [-0.3, -0.25) is 4.79 Å². The summed E-state index contributed by atoms with van der Waals surface area (Å²) >= 11 is 1.76. The zero-order valence-electron chi connectivity index (χ0n) is 11.8. The van der Waals surface area contributed by atoms with Crippen LogP contribution < -0.4 is 5.32 Å². The summed E-state index contributed by atoms with van der Waals surface area (Å²) in [6.45, 7) is 2.22. The van der Waals surface area contributed by atoms with Crippen molar-refractivity contribution >= 4 is 17.7 Å². The molecule has 1 aliphatic carbocycles. The minimum absolute atomic E-state index is 0.0419. The van der Waals surface area contributed by atoms with Crippen molar-refractivity contribution < 1.29 is 9.90 Å². The molecule has 0 spiro atoms. The Morgan fingerprint density at radius 1 is 1.50 bits per heavy atom. The lowest BCUT2D eigenvalue weighted by molar-refractivity contribution is -0.123. The molecule has 1 heterocycles. The molecule has 1 aliphatic heterocycles. The first kappa shape index (κ1) is 14.0. The highest BCUT2D eigenvalue weighted by molar-refractivity contribution is 7.99. The van der Waals surface area contributed by atoms with Crippen molar-refractivity contribution in [3.63, 3.8) is 0 Å². The molecule has 0 radical (unpaired) electrons. The van der Waals surface area contributed by atoms with Gasteiger partial charge in [-0.25, -0.2) is 0 Å². The molecule has 2 N–H and O–H groups in total. The van der Waals surface area contributed by atoms with Crippen LogP contribution in [-0.2, 0) is 4.79 Å². The number of rotatable bonds is 3. The zero-order chi connectivity index (χ0) is 14.2. The van der Waals surface area contributed by atoms with Crippen molar-refractivity contribution in [1.82, 2.24) is 5.32 Å². The number of fused-ring (bicyclic) bond motifs is 1. The number of amides is 1. The van der Waals surface area contributed by atoms with E-state index in [-0.39, 0.29) is 29.9 Å². The fourth-order valence-corrected chi connectivity index (χ4v) is 4.55. The number of carbonyl (C=O) groups excluding carboxylic acids is 1. The summed E-state index contributed by atoms with van der Waals surface area (Å²) in [5.74, 6) is 0.905. The minimum Gasteiger partial charge on any atom is -0.396 e. The average molecular weight is 291 g/mol. The Morgan fingerprint density at radius 2 is 2.30 bits per heavy atom. The first-order valence-corrected chi connectivity index (χ1v) is 8.25. The van der Waals surface area contributed by atoms with Crippen LogP contribution in [-0.4, -0.2) is 29.4 Å². The monoisotopic (exact) mass is 291 g/mol. The van der Waals surface area contributed by atoms with Crippen LogP contribution >= 0.6 is 11.8 Å². The van der Waals surface area contributed by atoms with E-state index in [1.54, 1.807) is 11.8 Å². The third-order valence-electron chi connectivity index (χ3n) is 4.78. The van der Waals surface area contributed by atoms with Crippen LogP contribution in [0.15, 0.2) is 29.2 Å². The Bertz CT molecular complexity index is 519. The second kappa shape index (κ2) is 5.41. The molecule has 3 nitrogen and oxygen atoms in total. The lowest BCUT2D eigenvalue weighted by atomic mass is 9.85. The van der Waals surface area contributed by atoms with Crippen molar-refractivity contribution in [2.75, 3.05) is 12.4 Å². The molecule has 0 saturated heterocycles. The molecule has 3 unspecified atom stereocenters. The quantitative estimate of drug-likeness (QED) is 0.900. The maximum atomic E-state index is 12.6. The van der Waals surface area contributed by atoms with Crippen molar-refractivity contribution in [2.24, 2.45) is 5.41 Å². The van der Waals surface area contributed by atoms with Gasteiger partial charge in [0.1, 0.15) is 0 Å². The average Bonchev–Trinajstić information content (AvgIpc) is 3.04. The van der Waals surface area contributed by atoms with E-state index in [0.717, 1.165) is 30.6 Å². The van der Waals surface area contributed by atoms with Gasteiger partial charge in [0, 0.05) is 22.1 Å². The molecule has 3 atom stereocenters. The Morgan fingerprint density at radius 3 is 3.10 bits per heavy atom. The zero-order valence-corrected chi connectivity index (χ0v) is 12.6. The first-order chi connectivity index (χ1) is 9.64. The fraction of sp³-hybridized carbons (Fsp3) is 0.562. The smallest absolute Gasteiger partial charge is 0.228 e. The molecule has 1 aromatic carbocycles. The summed E-state index contributed by atoms with van der Waals surface area (Å²) in [5, 5.41) is 12.8. The Balaban J connectivity index is 1.72. The number of hydrogen-bond acceptors (Lipinski definition) is 3. The van der Waals surface area contributed by atoms with E-state index in [9.17, 15) is 9.90 Å². The number of thioether (sulfide) groups is 1. The van der Waals surface area contributed by atoms with Crippen LogP contribution in [0.2, 0.25) is 0 Å². The van der Waals surface area contributed by atoms with Crippen molar-refractivity contribution in [2.45, 2.75) is 43.0 Å². The second-order valence-electron chi connectivity index (χ2n) is 6.17. The molecule has 0 aromatic heterocycles. The Labute approximate surface area is 124 Å². The van der Waals surface area contributed by atoms with E-state index in [1.807, 2.05) is 12.1 Å². The highest BCUT2D eigenvalue weighted by Gasteiger charge is 2.40. The molecule has 2 aliphatic rings. The molecular formula is C16H21NO2S. The van der Waals surface area contributed by atoms with Gasteiger partial charge in [0.05, 0.1) is 12.5 Å². The van der Waals surface area contributed by atoms with E-state index in [2.05, 4.69) is 24.4 Å². The van der Waals surface area contributed by atoms with Crippen LogP contribution in [0.1, 0.15) is 37.7 Å². The van der Waals surface area contributed by atoms with Crippen molar-refractivity contribution in [1.29, 1.82) is 0 Å². The molecular weight excluding hydrogens is 270 g/mol. The third kappa shape index (κ3) is 2.35. The largest absolute Gasteiger partial charge is 0.396 e. The SMILES string of the molecule is CC1(CO)CCCC1NC(=O)C1CSc2ccccc21. The van der Waals surface area contributed by atoms with Crippen LogP contribution in [0.3, 0.4) is 0 Å². The number of carbonyl (C=O) groups is 1. The number of aliphatic hydroxyl groups excluding tert-OH is 1. The predicted molar refractivity (Wildman–Crippen MR) is 80.9 cm³/mol. The third-order valence-corrected chi connectivity index (χ3v) is 5.96. The molecule has 1 saturated carbocycles. The molecule has 108 valence electrons. The maximum Gasteiger partial charge on any atom is 0.228 e. The summed E-state index contributed by atoms with van der Waals surface area (Å²) < 4.78 is 0. The number of nitrogens with one attached hydrogen (secondary N) is 1. The summed E-state index contributed by atoms with van der Waals surface area (Å²) in [7, 11) is 0. The predicted octanol–water partition coefficient (Wildman–Crippen LogP) is 2.54. The Hall–Kier alpha value is -1.00. The van der Waals surface area contributed by atoms with Gasteiger partial charge in [-0.15, -0.1) is 11.8 Å². The number of benzene rings is 1. The normalized spacial score (nSPS) is 32.1. The van der Waals surface area contributed by atoms with Gasteiger partial charge in [-0.2, -0.15) is 0 Å². The first-order valence-electron chi connectivity index (χ1n) is 7.27. The molecule has 1 aromatic rings. The van der Waals surface area contributed by atoms with Gasteiger partial charge in [0.25, 0.3) is 0 Å². The van der Waals surface area contributed by atoms with Crippen LogP contribution in [0.4, 0.5) is 0 Å². The van der Waals surface area contributed by atoms with E-state index in [1.165, 1.54) is 4.90 Å². The van der Waals surface area contributed by atoms with Gasteiger partial charge in [-0.1, -0.05) is 31.5 Å². The minimum atomic E-state index is -0.152. The molecule has 20 heavy (non-hydrogen) atoms. The summed E-state index contributed by atoms with van der Waals surface area (Å²) in [6.07, 6.45) is 3.05. The standard InChI is InChI=1S/C16H21NO2S/c1-16(10-18)8-4-7-14(16)17-15(19)12-9-20-13-6-3-2-5-11(12)13/h2-3,5-6,12,14,18H,4,7-10H2,1H3,(H,17,19). The molecule has 4 heteroatoms. The summed E-state index contributed by atoms with van der Waals surface area (Å²) in [4.78, 5) is 13.8. The number of hydrogen-bond donors (Lipinski definition) is 2. The molecule has 0 bridgehead atoms. The lowest BCUT2D eigenvalue weighted by Crippen LogP contribution is -2.46. The maximum absolute atomic E-state index is 12.6. The van der Waals surface area contributed by atoms with Crippen molar-refractivity contribution in [3.05, 3.63) is 29.8 Å². The van der Waals surface area contributed by atoms with E-state index >= 15 is 0 Å². The number of aliphatic hydroxyl groups is 1. The summed E-state index contributed by atoms with van der Waals surface area (Å²) in [6, 6.07) is 8.27. The fourth-order valence-electron chi connectivity index (χ4n) is 3.32. The van der Waals surface area contributed by atoms with Gasteiger partial charge in [0.2, 0.25) is 5.91 Å². The highest BCUT2D eigenvalue weighted by Crippen LogP contribution is 2.41. The van der Waals surface area contributed by atoms with E-state index < -0.39 is 0 Å². The topological polar surface area (TPSA) is 49.3 Å². The van der Waals surface area contributed by atoms with Crippen LogP contribution in [0, 0.1) is 5.41 Å². The van der Waals surface area contributed by atoms with E-state index in [0.29, 0.717) is 0 Å². The van der Waals surface area contributed by atoms with Crippen LogP contribution in [0.25, 0.3) is 0 Å². The molecule has 1 amide bonds. The Kier molecular flexibility index (Phi) is 3.78. The second-order valence-corrected chi connectivity index (χ2v) is 7.23. The summed E-state index contributed by atoms with van der Waals surface area (Å²) in [5.41, 5.74) is 1.000. The highest BCUT2D eigenvalue weighted by atomic mass is 32.2. The molecule has 3 rings (SSSR count). The van der Waals surface area contributed by atoms with E-state index in [4.69, 9.17) is 0 Å². The van der Waals surface area contributed by atoms with Crippen molar-refractivity contribution in [3.8, 4) is 0 Å². The molecule has 1 fully saturated rings.